The fraction of sp³-hybridized carbons (Fsp3) is 0.444. The lowest BCUT2D eigenvalue weighted by atomic mass is 9.81. The predicted octanol–water partition coefficient (Wildman–Crippen LogP) is 1.91. The fourth-order valence-corrected chi connectivity index (χ4v) is 3.60. The van der Waals surface area contributed by atoms with E-state index in [2.05, 4.69) is 10.2 Å². The van der Waals surface area contributed by atoms with Crippen LogP contribution in [0.3, 0.4) is 0 Å². The average Bonchev–Trinajstić information content (AvgIpc) is 2.83. The van der Waals surface area contributed by atoms with E-state index in [0.29, 0.717) is 25.9 Å². The number of aliphatic hydroxyl groups excluding tert-OH is 1. The molecule has 1 aliphatic heterocycles. The number of aliphatic hydroxyl groups is 1. The topological polar surface area (TPSA) is 69.2 Å². The van der Waals surface area contributed by atoms with Gasteiger partial charge in [0, 0.05) is 42.2 Å². The Balaban J connectivity index is 1.51. The van der Waals surface area contributed by atoms with E-state index in [0.717, 1.165) is 35.4 Å². The number of nitrogens with zero attached hydrogens (tertiary/aromatic N) is 2. The van der Waals surface area contributed by atoms with Gasteiger partial charge >= 0.3 is 0 Å². The first-order valence-corrected chi connectivity index (χ1v) is 8.40. The molecule has 2 heterocycles. The average molecular weight is 329 g/mol. The summed E-state index contributed by atoms with van der Waals surface area (Å²) in [5.74, 6) is -0.132. The van der Waals surface area contributed by atoms with Gasteiger partial charge in [0.15, 0.2) is 0 Å². The molecule has 1 aromatic heterocycles. The number of halogens is 1. The van der Waals surface area contributed by atoms with E-state index in [9.17, 15) is 14.3 Å². The molecule has 1 aromatic carbocycles. The van der Waals surface area contributed by atoms with Gasteiger partial charge in [-0.05, 0) is 43.5 Å². The number of amides is 1. The molecule has 1 aliphatic carbocycles. The van der Waals surface area contributed by atoms with Crippen LogP contribution in [-0.4, -0.2) is 45.3 Å². The van der Waals surface area contributed by atoms with Crippen molar-refractivity contribution in [3.63, 3.8) is 0 Å². The molecule has 0 radical (unpaired) electrons. The zero-order valence-electron chi connectivity index (χ0n) is 13.3. The van der Waals surface area contributed by atoms with Crippen LogP contribution < -0.4 is 0 Å². The first-order valence-electron chi connectivity index (χ1n) is 8.40. The third-order valence-corrected chi connectivity index (χ3v) is 5.11. The van der Waals surface area contributed by atoms with Gasteiger partial charge in [0.05, 0.1) is 11.8 Å². The molecule has 0 unspecified atom stereocenters. The van der Waals surface area contributed by atoms with Gasteiger partial charge in [0.25, 0.3) is 0 Å². The molecule has 1 saturated carbocycles. The summed E-state index contributed by atoms with van der Waals surface area (Å²) in [6.07, 6.45) is 2.34. The summed E-state index contributed by atoms with van der Waals surface area (Å²) < 4.78 is 13.1. The molecule has 0 saturated heterocycles. The van der Waals surface area contributed by atoms with Crippen LogP contribution in [0.15, 0.2) is 24.3 Å². The number of benzene rings is 1. The molecule has 4 rings (SSSR count). The molecule has 5 nitrogen and oxygen atoms in total. The maximum atomic E-state index is 13.1. The first-order chi connectivity index (χ1) is 11.6. The lowest BCUT2D eigenvalue weighted by Crippen LogP contribution is -2.44. The van der Waals surface area contributed by atoms with E-state index < -0.39 is 0 Å². The Morgan fingerprint density at radius 3 is 2.62 bits per heavy atom. The fourth-order valence-electron chi connectivity index (χ4n) is 3.60. The van der Waals surface area contributed by atoms with Gasteiger partial charge in [0.2, 0.25) is 5.91 Å². The number of H-pyrrole nitrogens is 1. The highest BCUT2D eigenvalue weighted by Crippen LogP contribution is 2.31. The van der Waals surface area contributed by atoms with Crippen molar-refractivity contribution in [3.05, 3.63) is 41.3 Å². The molecule has 24 heavy (non-hydrogen) atoms. The molecular formula is C18H20FN3O2. The first kappa shape index (κ1) is 15.3. The van der Waals surface area contributed by atoms with Crippen molar-refractivity contribution < 1.29 is 14.3 Å². The lowest BCUT2D eigenvalue weighted by molar-refractivity contribution is -0.142. The minimum Gasteiger partial charge on any atom is -0.393 e. The van der Waals surface area contributed by atoms with Gasteiger partial charge < -0.3 is 10.0 Å². The SMILES string of the molecule is O=C(C1CC(O)C1)N1CCc2[nH]nc(-c3ccc(F)cc3)c2CC1. The summed E-state index contributed by atoms with van der Waals surface area (Å²) in [4.78, 5) is 14.4. The van der Waals surface area contributed by atoms with Crippen LogP contribution in [0.5, 0.6) is 0 Å². The van der Waals surface area contributed by atoms with Gasteiger partial charge in [-0.3, -0.25) is 9.89 Å². The van der Waals surface area contributed by atoms with Crippen LogP contribution in [0.25, 0.3) is 11.3 Å². The summed E-state index contributed by atoms with van der Waals surface area (Å²) in [6, 6.07) is 6.33. The zero-order chi connectivity index (χ0) is 16.7. The number of carbonyl (C=O) groups is 1. The highest BCUT2D eigenvalue weighted by molar-refractivity contribution is 5.80. The number of aromatic nitrogens is 2. The Morgan fingerprint density at radius 1 is 1.21 bits per heavy atom. The molecule has 1 amide bonds. The molecule has 2 aliphatic rings. The Kier molecular flexibility index (Phi) is 3.84. The van der Waals surface area contributed by atoms with E-state index in [4.69, 9.17) is 0 Å². The molecule has 2 N–H and O–H groups in total. The monoisotopic (exact) mass is 329 g/mol. The third-order valence-electron chi connectivity index (χ3n) is 5.11. The van der Waals surface area contributed by atoms with Crippen molar-refractivity contribution in [2.24, 2.45) is 5.92 Å². The summed E-state index contributed by atoms with van der Waals surface area (Å²) in [7, 11) is 0. The van der Waals surface area contributed by atoms with E-state index in [1.165, 1.54) is 12.1 Å². The van der Waals surface area contributed by atoms with Crippen molar-refractivity contribution >= 4 is 5.91 Å². The third kappa shape index (κ3) is 2.71. The van der Waals surface area contributed by atoms with Crippen molar-refractivity contribution in [1.82, 2.24) is 15.1 Å². The Bertz CT molecular complexity index is 750. The molecule has 2 aromatic rings. The second-order valence-electron chi connectivity index (χ2n) is 6.68. The molecule has 126 valence electrons. The Hall–Kier alpha value is -2.21. The molecular weight excluding hydrogens is 309 g/mol. The van der Waals surface area contributed by atoms with E-state index in [1.54, 1.807) is 12.1 Å². The van der Waals surface area contributed by atoms with Crippen molar-refractivity contribution in [2.75, 3.05) is 13.1 Å². The summed E-state index contributed by atoms with van der Waals surface area (Å²) in [5, 5.41) is 16.9. The van der Waals surface area contributed by atoms with Gasteiger partial charge in [-0.15, -0.1) is 0 Å². The van der Waals surface area contributed by atoms with Gasteiger partial charge in [-0.1, -0.05) is 0 Å². The highest BCUT2D eigenvalue weighted by Gasteiger charge is 2.36. The molecule has 6 heteroatoms. The van der Waals surface area contributed by atoms with Crippen LogP contribution in [0, 0.1) is 11.7 Å². The van der Waals surface area contributed by atoms with E-state index in [-0.39, 0.29) is 23.7 Å². The van der Waals surface area contributed by atoms with Gasteiger partial charge in [0.1, 0.15) is 5.82 Å². The van der Waals surface area contributed by atoms with Crippen LogP contribution in [0.2, 0.25) is 0 Å². The molecule has 0 bridgehead atoms. The van der Waals surface area contributed by atoms with Crippen molar-refractivity contribution in [3.8, 4) is 11.3 Å². The number of carbonyl (C=O) groups excluding carboxylic acids is 1. The minimum absolute atomic E-state index is 0.0221. The molecule has 1 fully saturated rings. The standard InChI is InChI=1S/C18H20FN3O2/c19-13-3-1-11(2-4-13)17-15-5-7-22(8-6-16(15)20-21-17)18(24)12-9-14(23)10-12/h1-4,12,14,23H,5-10H2,(H,20,21). The van der Waals surface area contributed by atoms with Crippen molar-refractivity contribution in [2.45, 2.75) is 31.8 Å². The van der Waals surface area contributed by atoms with Crippen LogP contribution in [0.4, 0.5) is 4.39 Å². The maximum absolute atomic E-state index is 13.1. The quantitative estimate of drug-likeness (QED) is 0.884. The predicted molar refractivity (Wildman–Crippen MR) is 86.7 cm³/mol. The highest BCUT2D eigenvalue weighted by atomic mass is 19.1. The summed E-state index contributed by atoms with van der Waals surface area (Å²) in [6.45, 7) is 1.33. The Morgan fingerprint density at radius 2 is 1.92 bits per heavy atom. The van der Waals surface area contributed by atoms with Gasteiger partial charge in [-0.25, -0.2) is 4.39 Å². The number of aromatic amines is 1. The normalized spacial score (nSPS) is 23.3. The minimum atomic E-state index is -0.312. The number of hydrogen-bond acceptors (Lipinski definition) is 3. The number of rotatable bonds is 2. The Labute approximate surface area is 139 Å². The smallest absolute Gasteiger partial charge is 0.225 e. The number of hydrogen-bond donors (Lipinski definition) is 2. The maximum Gasteiger partial charge on any atom is 0.225 e. The van der Waals surface area contributed by atoms with Crippen LogP contribution >= 0.6 is 0 Å². The second-order valence-corrected chi connectivity index (χ2v) is 6.68. The molecule has 0 atom stereocenters. The number of nitrogens with one attached hydrogen (secondary N) is 1. The molecule has 0 spiro atoms. The summed E-state index contributed by atoms with van der Waals surface area (Å²) >= 11 is 0. The lowest BCUT2D eigenvalue weighted by Gasteiger charge is -2.34. The van der Waals surface area contributed by atoms with Crippen molar-refractivity contribution in [1.29, 1.82) is 0 Å². The van der Waals surface area contributed by atoms with E-state index >= 15 is 0 Å². The summed E-state index contributed by atoms with van der Waals surface area (Å²) in [5.41, 5.74) is 3.90. The van der Waals surface area contributed by atoms with Crippen LogP contribution in [-0.2, 0) is 17.6 Å². The van der Waals surface area contributed by atoms with E-state index in [1.807, 2.05) is 4.90 Å². The van der Waals surface area contributed by atoms with Crippen LogP contribution in [0.1, 0.15) is 24.1 Å². The zero-order valence-corrected chi connectivity index (χ0v) is 13.3. The second kappa shape index (κ2) is 6.02. The van der Waals surface area contributed by atoms with Gasteiger partial charge in [-0.2, -0.15) is 5.10 Å². The number of fused-ring (bicyclic) bond motifs is 1. The largest absolute Gasteiger partial charge is 0.393 e.